The summed E-state index contributed by atoms with van der Waals surface area (Å²) in [5.41, 5.74) is 0. The van der Waals surface area contributed by atoms with Crippen molar-refractivity contribution >= 4 is 19.7 Å². The fourth-order valence-electron chi connectivity index (χ4n) is 9.73. The van der Waals surface area contributed by atoms with Gasteiger partial charge in [0.05, 0.1) is 33.8 Å². The van der Waals surface area contributed by atoms with Crippen LogP contribution in [0.3, 0.4) is 0 Å². The summed E-state index contributed by atoms with van der Waals surface area (Å²) >= 11 is 0. The third-order valence-electron chi connectivity index (χ3n) is 14.9. The van der Waals surface area contributed by atoms with E-state index in [1.165, 1.54) is 186 Å². The first-order valence-electron chi connectivity index (χ1n) is 33.7. The maximum Gasteiger partial charge on any atom is 0.306 e. The first-order valence-corrected chi connectivity index (χ1v) is 35.2. The molecule has 0 rings (SSSR count). The van der Waals surface area contributed by atoms with Gasteiger partial charge in [0.2, 0.25) is 5.91 Å². The van der Waals surface area contributed by atoms with Gasteiger partial charge in [-0.15, -0.1) is 0 Å². The Morgan fingerprint density at radius 1 is 0.450 bits per heavy atom. The van der Waals surface area contributed by atoms with E-state index in [1.807, 2.05) is 33.3 Å². The minimum Gasteiger partial charge on any atom is -0.756 e. The van der Waals surface area contributed by atoms with Crippen LogP contribution in [0, 0.1) is 0 Å². The van der Waals surface area contributed by atoms with Crippen LogP contribution in [0.4, 0.5) is 0 Å². The lowest BCUT2D eigenvalue weighted by Crippen LogP contribution is -2.47. The fourth-order valence-corrected chi connectivity index (χ4v) is 10.5. The molecule has 10 heteroatoms. The van der Waals surface area contributed by atoms with E-state index in [0.29, 0.717) is 17.4 Å². The number of allylic oxidation sites excluding steroid dienone is 11. The first kappa shape index (κ1) is 77.5. The monoisotopic (exact) mass is 1140 g/mol. The van der Waals surface area contributed by atoms with Crippen LogP contribution in [0.5, 0.6) is 0 Å². The van der Waals surface area contributed by atoms with Crippen LogP contribution >= 0.6 is 7.82 Å². The summed E-state index contributed by atoms with van der Waals surface area (Å²) < 4.78 is 30.4. The second-order valence-electron chi connectivity index (χ2n) is 24.0. The molecule has 80 heavy (non-hydrogen) atoms. The highest BCUT2D eigenvalue weighted by Crippen LogP contribution is 2.38. The Kier molecular flexibility index (Phi) is 57.7. The SMILES string of the molecule is CC/C=C\C/C=C\C/C=C\C/C=C\C/C=C\CCCCCCCCCCCCCC(=O)OC(/C=C\CCCCCCCCCCCCC)C(COP(=O)([O-])OCC[N+](C)(C)C)NC(=O)CCCCCCCCCCCCCCCC. The summed E-state index contributed by atoms with van der Waals surface area (Å²) in [4.78, 5) is 40.1. The normalized spacial score (nSPS) is 14.0. The van der Waals surface area contributed by atoms with E-state index < -0.39 is 20.0 Å². The van der Waals surface area contributed by atoms with Gasteiger partial charge >= 0.3 is 5.97 Å². The largest absolute Gasteiger partial charge is 0.756 e. The van der Waals surface area contributed by atoms with Crippen LogP contribution in [0.1, 0.15) is 310 Å². The summed E-state index contributed by atoms with van der Waals surface area (Å²) in [6, 6.07) is -0.889. The van der Waals surface area contributed by atoms with Gasteiger partial charge < -0.3 is 28.5 Å². The summed E-state index contributed by atoms with van der Waals surface area (Å²) in [5.74, 6) is -0.535. The molecule has 0 saturated carbocycles. The fraction of sp³-hybridized carbons (Fsp3) is 0.800. The number of phosphoric acid groups is 1. The molecule has 0 aromatic rings. The molecule has 466 valence electrons. The predicted molar refractivity (Wildman–Crippen MR) is 344 cm³/mol. The highest BCUT2D eigenvalue weighted by Gasteiger charge is 2.27. The van der Waals surface area contributed by atoms with E-state index >= 15 is 0 Å². The number of likely N-dealkylation sites (N-methyl/N-ethyl adjacent to an activating group) is 1. The molecule has 3 atom stereocenters. The van der Waals surface area contributed by atoms with Gasteiger partial charge in [0.25, 0.3) is 7.82 Å². The summed E-state index contributed by atoms with van der Waals surface area (Å²) in [5, 5.41) is 3.04. The highest BCUT2D eigenvalue weighted by molar-refractivity contribution is 7.45. The molecule has 9 nitrogen and oxygen atoms in total. The van der Waals surface area contributed by atoms with Crippen molar-refractivity contribution in [1.82, 2.24) is 5.32 Å². The average molecular weight is 1140 g/mol. The minimum atomic E-state index is -4.70. The number of phosphoric ester groups is 1. The van der Waals surface area contributed by atoms with Gasteiger partial charge in [0, 0.05) is 12.8 Å². The Bertz CT molecular complexity index is 1600. The predicted octanol–water partition coefficient (Wildman–Crippen LogP) is 20.5. The van der Waals surface area contributed by atoms with Crippen molar-refractivity contribution in [3.05, 3.63) is 72.9 Å². The van der Waals surface area contributed by atoms with Crippen LogP contribution in [-0.4, -0.2) is 69.4 Å². The molecular weight excluding hydrogens is 1010 g/mol. The second kappa shape index (κ2) is 59.6. The molecule has 0 fully saturated rings. The smallest absolute Gasteiger partial charge is 0.306 e. The third kappa shape index (κ3) is 60.1. The quantitative estimate of drug-likeness (QED) is 0.0212. The number of rotatable bonds is 61. The third-order valence-corrected chi connectivity index (χ3v) is 15.9. The van der Waals surface area contributed by atoms with Crippen LogP contribution in [0.15, 0.2) is 72.9 Å². The van der Waals surface area contributed by atoms with Crippen molar-refractivity contribution in [3.63, 3.8) is 0 Å². The van der Waals surface area contributed by atoms with E-state index in [9.17, 15) is 19.0 Å². The molecular formula is C70H129N2O7P. The van der Waals surface area contributed by atoms with Gasteiger partial charge in [-0.05, 0) is 76.7 Å². The topological polar surface area (TPSA) is 114 Å². The van der Waals surface area contributed by atoms with Crippen LogP contribution in [-0.2, 0) is 27.9 Å². The maximum absolute atomic E-state index is 13.5. The summed E-state index contributed by atoms with van der Waals surface area (Å²) in [6.07, 6.45) is 77.3. The molecule has 0 aromatic carbocycles. The first-order chi connectivity index (χ1) is 38.9. The molecule has 3 unspecified atom stereocenters. The number of carbonyl (C=O) groups is 2. The second-order valence-corrected chi connectivity index (χ2v) is 25.4. The van der Waals surface area contributed by atoms with E-state index in [-0.39, 0.29) is 31.5 Å². The highest BCUT2D eigenvalue weighted by atomic mass is 31.2. The number of esters is 1. The molecule has 1 N–H and O–H groups in total. The molecule has 0 aliphatic carbocycles. The Morgan fingerprint density at radius 3 is 1.20 bits per heavy atom. The van der Waals surface area contributed by atoms with Crippen LogP contribution in [0.25, 0.3) is 0 Å². The molecule has 0 saturated heterocycles. The molecule has 0 bridgehead atoms. The van der Waals surface area contributed by atoms with Gasteiger partial charge in [-0.3, -0.25) is 14.2 Å². The van der Waals surface area contributed by atoms with Crippen molar-refractivity contribution < 1.29 is 37.3 Å². The summed E-state index contributed by atoms with van der Waals surface area (Å²) in [6.45, 7) is 6.76. The van der Waals surface area contributed by atoms with Crippen molar-refractivity contribution in [1.29, 1.82) is 0 Å². The van der Waals surface area contributed by atoms with E-state index in [4.69, 9.17) is 13.8 Å². The van der Waals surface area contributed by atoms with Gasteiger partial charge in [0.15, 0.2) is 0 Å². The van der Waals surface area contributed by atoms with E-state index in [0.717, 1.165) is 89.9 Å². The van der Waals surface area contributed by atoms with Crippen molar-refractivity contribution in [2.24, 2.45) is 0 Å². The Balaban J connectivity index is 5.08. The van der Waals surface area contributed by atoms with Crippen LogP contribution < -0.4 is 10.2 Å². The number of nitrogens with zero attached hydrogens (tertiary/aromatic N) is 1. The zero-order chi connectivity index (χ0) is 58.6. The molecule has 0 aliphatic heterocycles. The lowest BCUT2D eigenvalue weighted by atomic mass is 10.0. The molecule has 0 heterocycles. The lowest BCUT2D eigenvalue weighted by Gasteiger charge is -2.30. The van der Waals surface area contributed by atoms with Crippen LogP contribution in [0.2, 0.25) is 0 Å². The molecule has 1 amide bonds. The lowest BCUT2D eigenvalue weighted by molar-refractivity contribution is -0.870. The molecule has 0 aliphatic rings. The number of ether oxygens (including phenoxy) is 1. The molecule has 0 radical (unpaired) electrons. The number of carbonyl (C=O) groups excluding carboxylic acids is 2. The Hall–Kier alpha value is -2.55. The zero-order valence-electron chi connectivity index (χ0n) is 53.3. The number of quaternary nitrogens is 1. The van der Waals surface area contributed by atoms with Crippen molar-refractivity contribution in [3.8, 4) is 0 Å². The number of hydrogen-bond acceptors (Lipinski definition) is 7. The molecule has 0 spiro atoms. The van der Waals surface area contributed by atoms with Gasteiger partial charge in [-0.1, -0.05) is 293 Å². The van der Waals surface area contributed by atoms with Crippen molar-refractivity contribution in [2.45, 2.75) is 322 Å². The summed E-state index contributed by atoms with van der Waals surface area (Å²) in [7, 11) is 1.19. The molecule has 0 aromatic heterocycles. The standard InChI is InChI=1S/C70H129N2O7P/c1-7-10-13-16-19-22-25-28-30-31-32-33-34-35-36-37-38-39-40-41-42-45-48-51-54-57-60-63-70(74)79-68(61-58-55-52-49-46-43-27-24-21-18-15-12-9-3)67(66-78-80(75,76)77-65-64-72(4,5)6)71-69(73)62-59-56-53-50-47-44-29-26-23-20-17-14-11-8-2/h10,13,19,22,28,30,32-33,35-36,58,61,67-68H,7-9,11-12,14-18,20-21,23-27,29,31,34,37-57,59-60,62-66H2,1-6H3,(H-,71,73,75,76)/b13-10-,22-19-,30-28-,33-32-,36-35-,61-58-. The Morgan fingerprint density at radius 2 is 0.800 bits per heavy atom. The van der Waals surface area contributed by atoms with E-state index in [2.05, 4.69) is 86.8 Å². The number of amides is 1. The van der Waals surface area contributed by atoms with Gasteiger partial charge in [-0.2, -0.15) is 0 Å². The van der Waals surface area contributed by atoms with Crippen molar-refractivity contribution in [2.75, 3.05) is 40.9 Å². The Labute approximate surface area is 495 Å². The number of unbranched alkanes of at least 4 members (excludes halogenated alkanes) is 35. The van der Waals surface area contributed by atoms with Gasteiger partial charge in [0.1, 0.15) is 19.3 Å². The average Bonchev–Trinajstić information content (AvgIpc) is 3.42. The minimum absolute atomic E-state index is 0.0226. The van der Waals surface area contributed by atoms with Gasteiger partial charge in [-0.25, -0.2) is 0 Å². The zero-order valence-corrected chi connectivity index (χ0v) is 54.2. The number of nitrogens with one attached hydrogen (secondary N) is 1. The van der Waals surface area contributed by atoms with E-state index in [1.54, 1.807) is 0 Å². The number of hydrogen-bond donors (Lipinski definition) is 1. The maximum atomic E-state index is 13.5.